The third kappa shape index (κ3) is 4.66. The van der Waals surface area contributed by atoms with Gasteiger partial charge in [0, 0.05) is 6.04 Å². The Hall–Kier alpha value is -0.0400. The van der Waals surface area contributed by atoms with Gasteiger partial charge in [0.25, 0.3) is 0 Å². The molecule has 0 aliphatic heterocycles. The van der Waals surface area contributed by atoms with Crippen LogP contribution in [0.15, 0.2) is 0 Å². The molecule has 0 rings (SSSR count). The molecular formula is C12H27N. The first-order valence-corrected chi connectivity index (χ1v) is 5.84. The van der Waals surface area contributed by atoms with Crippen LogP contribution in [0.25, 0.3) is 0 Å². The third-order valence-corrected chi connectivity index (χ3v) is 3.01. The summed E-state index contributed by atoms with van der Waals surface area (Å²) in [7, 11) is 2.10. The monoisotopic (exact) mass is 185 g/mol. The molecule has 0 spiro atoms. The molecule has 2 unspecified atom stereocenters. The molecular weight excluding hydrogens is 158 g/mol. The summed E-state index contributed by atoms with van der Waals surface area (Å²) in [6.45, 7) is 9.22. The van der Waals surface area contributed by atoms with E-state index in [1.165, 1.54) is 25.7 Å². The Labute approximate surface area is 84.3 Å². The summed E-state index contributed by atoms with van der Waals surface area (Å²) in [5.74, 6) is 1.62. The molecule has 1 nitrogen and oxygen atoms in total. The van der Waals surface area contributed by atoms with Crippen LogP contribution in [0.5, 0.6) is 0 Å². The zero-order valence-electron chi connectivity index (χ0n) is 10.1. The molecule has 0 saturated heterocycles. The van der Waals surface area contributed by atoms with E-state index in [-0.39, 0.29) is 0 Å². The molecule has 0 saturated carbocycles. The van der Waals surface area contributed by atoms with Crippen molar-refractivity contribution in [2.75, 3.05) is 7.05 Å². The van der Waals surface area contributed by atoms with Gasteiger partial charge < -0.3 is 5.32 Å². The zero-order valence-corrected chi connectivity index (χ0v) is 10.1. The van der Waals surface area contributed by atoms with E-state index in [1.54, 1.807) is 0 Å². The Balaban J connectivity index is 4.00. The SMILES string of the molecule is CCCCC(CC)C(NC)C(C)C. The summed E-state index contributed by atoms with van der Waals surface area (Å²) < 4.78 is 0. The maximum atomic E-state index is 3.46. The van der Waals surface area contributed by atoms with Crippen molar-refractivity contribution >= 4 is 0 Å². The molecule has 2 atom stereocenters. The minimum Gasteiger partial charge on any atom is -0.316 e. The predicted octanol–water partition coefficient (Wildman–Crippen LogP) is 3.45. The second kappa shape index (κ2) is 7.37. The van der Waals surface area contributed by atoms with Gasteiger partial charge in [-0.25, -0.2) is 0 Å². The summed E-state index contributed by atoms with van der Waals surface area (Å²) in [6, 6.07) is 0.705. The van der Waals surface area contributed by atoms with Gasteiger partial charge in [-0.1, -0.05) is 47.0 Å². The first-order valence-electron chi connectivity index (χ1n) is 5.84. The van der Waals surface area contributed by atoms with Crippen molar-refractivity contribution in [3.63, 3.8) is 0 Å². The van der Waals surface area contributed by atoms with Crippen molar-refractivity contribution < 1.29 is 0 Å². The maximum absolute atomic E-state index is 3.46. The van der Waals surface area contributed by atoms with Crippen LogP contribution in [-0.2, 0) is 0 Å². The number of hydrogen-bond donors (Lipinski definition) is 1. The molecule has 1 heteroatoms. The van der Waals surface area contributed by atoms with Gasteiger partial charge in [-0.3, -0.25) is 0 Å². The van der Waals surface area contributed by atoms with E-state index < -0.39 is 0 Å². The fourth-order valence-electron chi connectivity index (χ4n) is 2.22. The number of hydrogen-bond acceptors (Lipinski definition) is 1. The van der Waals surface area contributed by atoms with Gasteiger partial charge in [-0.05, 0) is 25.3 Å². The summed E-state index contributed by atoms with van der Waals surface area (Å²) in [5, 5.41) is 3.46. The van der Waals surface area contributed by atoms with E-state index in [9.17, 15) is 0 Å². The largest absolute Gasteiger partial charge is 0.316 e. The smallest absolute Gasteiger partial charge is 0.0115 e. The van der Waals surface area contributed by atoms with Crippen molar-refractivity contribution in [3.05, 3.63) is 0 Å². The second-order valence-corrected chi connectivity index (χ2v) is 4.37. The lowest BCUT2D eigenvalue weighted by molar-refractivity contribution is 0.270. The molecule has 0 fully saturated rings. The minimum absolute atomic E-state index is 0.705. The summed E-state index contributed by atoms with van der Waals surface area (Å²) in [4.78, 5) is 0. The highest BCUT2D eigenvalue weighted by Crippen LogP contribution is 2.21. The number of nitrogens with one attached hydrogen (secondary N) is 1. The van der Waals surface area contributed by atoms with E-state index in [0.29, 0.717) is 6.04 Å². The standard InChI is InChI=1S/C12H27N/c1-6-8-9-11(7-2)12(13-5)10(3)4/h10-13H,6-9H2,1-5H3. The van der Waals surface area contributed by atoms with Crippen molar-refractivity contribution in [1.29, 1.82) is 0 Å². The van der Waals surface area contributed by atoms with Gasteiger partial charge in [-0.2, -0.15) is 0 Å². The molecule has 0 bridgehead atoms. The molecule has 80 valence electrons. The minimum atomic E-state index is 0.705. The van der Waals surface area contributed by atoms with Crippen LogP contribution in [0.1, 0.15) is 53.4 Å². The van der Waals surface area contributed by atoms with Gasteiger partial charge in [0.15, 0.2) is 0 Å². The van der Waals surface area contributed by atoms with Crippen molar-refractivity contribution in [3.8, 4) is 0 Å². The molecule has 0 aromatic carbocycles. The quantitative estimate of drug-likeness (QED) is 0.640. The lowest BCUT2D eigenvalue weighted by Gasteiger charge is -2.29. The average Bonchev–Trinajstić information content (AvgIpc) is 2.11. The van der Waals surface area contributed by atoms with Gasteiger partial charge in [0.1, 0.15) is 0 Å². The molecule has 0 aliphatic rings. The van der Waals surface area contributed by atoms with Crippen LogP contribution in [0.2, 0.25) is 0 Å². The molecule has 0 aromatic rings. The zero-order chi connectivity index (χ0) is 10.3. The molecule has 0 aliphatic carbocycles. The van der Waals surface area contributed by atoms with Crippen molar-refractivity contribution in [1.82, 2.24) is 5.32 Å². The van der Waals surface area contributed by atoms with E-state index in [1.807, 2.05) is 0 Å². The summed E-state index contributed by atoms with van der Waals surface area (Å²) in [6.07, 6.45) is 5.40. The van der Waals surface area contributed by atoms with Crippen LogP contribution in [0.4, 0.5) is 0 Å². The average molecular weight is 185 g/mol. The molecule has 1 N–H and O–H groups in total. The van der Waals surface area contributed by atoms with Crippen LogP contribution in [0.3, 0.4) is 0 Å². The van der Waals surface area contributed by atoms with Gasteiger partial charge in [-0.15, -0.1) is 0 Å². The topological polar surface area (TPSA) is 12.0 Å². The predicted molar refractivity (Wildman–Crippen MR) is 61.0 cm³/mol. The van der Waals surface area contributed by atoms with Crippen molar-refractivity contribution in [2.24, 2.45) is 11.8 Å². The van der Waals surface area contributed by atoms with Crippen LogP contribution in [0, 0.1) is 11.8 Å². The fraction of sp³-hybridized carbons (Fsp3) is 1.00. The Kier molecular flexibility index (Phi) is 7.35. The number of rotatable bonds is 7. The van der Waals surface area contributed by atoms with Crippen LogP contribution < -0.4 is 5.32 Å². The third-order valence-electron chi connectivity index (χ3n) is 3.01. The Bertz CT molecular complexity index is 110. The molecule has 0 aromatic heterocycles. The van der Waals surface area contributed by atoms with E-state index in [4.69, 9.17) is 0 Å². The first kappa shape index (κ1) is 13.0. The van der Waals surface area contributed by atoms with Gasteiger partial charge >= 0.3 is 0 Å². The Morgan fingerprint density at radius 1 is 1.15 bits per heavy atom. The lowest BCUT2D eigenvalue weighted by atomic mass is 9.85. The van der Waals surface area contributed by atoms with Gasteiger partial charge in [0.05, 0.1) is 0 Å². The fourth-order valence-corrected chi connectivity index (χ4v) is 2.22. The Morgan fingerprint density at radius 2 is 1.77 bits per heavy atom. The normalized spacial score (nSPS) is 16.2. The van der Waals surface area contributed by atoms with E-state index in [2.05, 4.69) is 40.1 Å². The summed E-state index contributed by atoms with van der Waals surface area (Å²) >= 11 is 0. The van der Waals surface area contributed by atoms with Gasteiger partial charge in [0.2, 0.25) is 0 Å². The number of unbranched alkanes of at least 4 members (excludes halogenated alkanes) is 1. The molecule has 0 amide bonds. The second-order valence-electron chi connectivity index (χ2n) is 4.37. The van der Waals surface area contributed by atoms with Crippen LogP contribution >= 0.6 is 0 Å². The van der Waals surface area contributed by atoms with E-state index >= 15 is 0 Å². The highest BCUT2D eigenvalue weighted by atomic mass is 14.9. The molecule has 0 heterocycles. The van der Waals surface area contributed by atoms with E-state index in [0.717, 1.165) is 11.8 Å². The maximum Gasteiger partial charge on any atom is 0.0115 e. The Morgan fingerprint density at radius 3 is 2.08 bits per heavy atom. The highest BCUT2D eigenvalue weighted by Gasteiger charge is 2.20. The highest BCUT2D eigenvalue weighted by molar-refractivity contribution is 4.76. The first-order chi connectivity index (χ1) is 6.17. The lowest BCUT2D eigenvalue weighted by Crippen LogP contribution is -2.37. The molecule has 13 heavy (non-hydrogen) atoms. The summed E-state index contributed by atoms with van der Waals surface area (Å²) in [5.41, 5.74) is 0. The van der Waals surface area contributed by atoms with Crippen LogP contribution in [-0.4, -0.2) is 13.1 Å². The van der Waals surface area contributed by atoms with Crippen molar-refractivity contribution in [2.45, 2.75) is 59.4 Å². The molecule has 0 radical (unpaired) electrons.